The van der Waals surface area contributed by atoms with Gasteiger partial charge in [-0.15, -0.1) is 0 Å². The summed E-state index contributed by atoms with van der Waals surface area (Å²) in [5, 5.41) is 4.42. The average molecular weight is 321 g/mol. The summed E-state index contributed by atoms with van der Waals surface area (Å²) in [5.41, 5.74) is 0.995. The van der Waals surface area contributed by atoms with Crippen LogP contribution in [0.2, 0.25) is 5.02 Å². The van der Waals surface area contributed by atoms with Crippen molar-refractivity contribution in [1.29, 1.82) is 0 Å². The highest BCUT2D eigenvalue weighted by atomic mass is 127. The van der Waals surface area contributed by atoms with Gasteiger partial charge in [0.2, 0.25) is 9.72 Å². The Morgan fingerprint density at radius 3 is 2.79 bits per heavy atom. The molecule has 0 aliphatic rings. The van der Waals surface area contributed by atoms with E-state index >= 15 is 0 Å². The van der Waals surface area contributed by atoms with Crippen LogP contribution in [0.4, 0.5) is 0 Å². The number of aromatic nitrogens is 2. The molecule has 0 radical (unpaired) electrons. The molecule has 0 bridgehead atoms. The van der Waals surface area contributed by atoms with Gasteiger partial charge in [0.15, 0.2) is 0 Å². The van der Waals surface area contributed by atoms with Gasteiger partial charge >= 0.3 is 0 Å². The molecule has 0 spiro atoms. The van der Waals surface area contributed by atoms with Crippen LogP contribution in [0.25, 0.3) is 0 Å². The van der Waals surface area contributed by atoms with E-state index in [2.05, 4.69) is 10.1 Å². The van der Waals surface area contributed by atoms with Crippen LogP contribution in [0.1, 0.15) is 11.5 Å². The van der Waals surface area contributed by atoms with Crippen LogP contribution in [0, 0.1) is 3.83 Å². The van der Waals surface area contributed by atoms with Crippen LogP contribution in [-0.4, -0.2) is 10.1 Å². The maximum Gasteiger partial charge on any atom is 0.232 e. The van der Waals surface area contributed by atoms with Crippen molar-refractivity contribution in [2.75, 3.05) is 0 Å². The van der Waals surface area contributed by atoms with Gasteiger partial charge in [-0.1, -0.05) is 35.0 Å². The maximum atomic E-state index is 5.99. The highest BCUT2D eigenvalue weighted by molar-refractivity contribution is 14.1. The molecule has 0 saturated carbocycles. The van der Waals surface area contributed by atoms with Crippen LogP contribution in [-0.2, 0) is 6.42 Å². The second-order valence-electron chi connectivity index (χ2n) is 2.73. The molecule has 1 heterocycles. The van der Waals surface area contributed by atoms with Crippen LogP contribution >= 0.6 is 34.2 Å². The number of benzene rings is 1. The third-order valence-electron chi connectivity index (χ3n) is 1.74. The quantitative estimate of drug-likeness (QED) is 0.799. The lowest BCUT2D eigenvalue weighted by molar-refractivity contribution is 0.381. The second kappa shape index (κ2) is 4.27. The molecule has 3 nitrogen and oxygen atoms in total. The number of hydrogen-bond acceptors (Lipinski definition) is 3. The zero-order chi connectivity index (χ0) is 9.97. The molecule has 72 valence electrons. The zero-order valence-corrected chi connectivity index (χ0v) is 9.99. The minimum absolute atomic E-state index is 0.579. The molecule has 0 unspecified atom stereocenters. The summed E-state index contributed by atoms with van der Waals surface area (Å²) in [4.78, 5) is 4.10. The van der Waals surface area contributed by atoms with E-state index in [4.69, 9.17) is 16.1 Å². The summed E-state index contributed by atoms with van der Waals surface area (Å²) in [6.45, 7) is 0. The van der Waals surface area contributed by atoms with E-state index in [0.717, 1.165) is 10.6 Å². The Labute approximate surface area is 99.6 Å². The molecule has 0 atom stereocenters. The summed E-state index contributed by atoms with van der Waals surface area (Å²) in [5.74, 6) is 0.586. The van der Waals surface area contributed by atoms with E-state index in [1.54, 1.807) is 0 Å². The Balaban J connectivity index is 2.23. The molecular weight excluding hydrogens is 314 g/mol. The summed E-state index contributed by atoms with van der Waals surface area (Å²) < 4.78 is 5.61. The molecule has 0 saturated heterocycles. The van der Waals surface area contributed by atoms with Gasteiger partial charge in [0.1, 0.15) is 0 Å². The van der Waals surface area contributed by atoms with E-state index < -0.39 is 0 Å². The van der Waals surface area contributed by atoms with Crippen LogP contribution in [0.3, 0.4) is 0 Å². The van der Waals surface area contributed by atoms with Crippen molar-refractivity contribution in [2.24, 2.45) is 0 Å². The summed E-state index contributed by atoms with van der Waals surface area (Å²) in [6.07, 6.45) is 0.579. The lowest BCUT2D eigenvalue weighted by atomic mass is 10.1. The number of hydrogen-bond donors (Lipinski definition) is 0. The van der Waals surface area contributed by atoms with E-state index in [-0.39, 0.29) is 0 Å². The largest absolute Gasteiger partial charge is 0.338 e. The van der Waals surface area contributed by atoms with Crippen molar-refractivity contribution >= 4 is 34.2 Å². The highest BCUT2D eigenvalue weighted by Crippen LogP contribution is 2.18. The molecule has 0 aliphatic carbocycles. The molecule has 0 fully saturated rings. The Kier molecular flexibility index (Phi) is 3.02. The normalized spacial score (nSPS) is 10.4. The third kappa shape index (κ3) is 2.24. The first-order chi connectivity index (χ1) is 6.75. The van der Waals surface area contributed by atoms with Gasteiger partial charge in [-0.25, -0.2) is 0 Å². The van der Waals surface area contributed by atoms with Gasteiger partial charge in [0.25, 0.3) is 0 Å². The number of rotatable bonds is 2. The van der Waals surface area contributed by atoms with Gasteiger partial charge in [-0.2, -0.15) is 4.98 Å². The van der Waals surface area contributed by atoms with Crippen LogP contribution < -0.4 is 0 Å². The Hall–Kier alpha value is -0.620. The van der Waals surface area contributed by atoms with Crippen LogP contribution in [0.5, 0.6) is 0 Å². The molecule has 0 N–H and O–H groups in total. The van der Waals surface area contributed by atoms with Gasteiger partial charge in [0, 0.05) is 27.6 Å². The predicted molar refractivity (Wildman–Crippen MR) is 61.3 cm³/mol. The molecule has 0 aliphatic heterocycles. The van der Waals surface area contributed by atoms with E-state index in [9.17, 15) is 0 Å². The number of nitrogens with zero attached hydrogens (tertiary/aromatic N) is 2. The van der Waals surface area contributed by atoms with Gasteiger partial charge < -0.3 is 4.52 Å². The third-order valence-corrected chi connectivity index (χ3v) is 2.55. The van der Waals surface area contributed by atoms with Crippen molar-refractivity contribution in [3.8, 4) is 0 Å². The fourth-order valence-electron chi connectivity index (χ4n) is 1.11. The summed E-state index contributed by atoms with van der Waals surface area (Å²) in [6, 6.07) is 7.61. The molecule has 14 heavy (non-hydrogen) atoms. The van der Waals surface area contributed by atoms with Crippen molar-refractivity contribution in [1.82, 2.24) is 10.1 Å². The summed E-state index contributed by atoms with van der Waals surface area (Å²) in [7, 11) is 0. The molecule has 1 aromatic carbocycles. The minimum Gasteiger partial charge on any atom is -0.338 e. The lowest BCUT2D eigenvalue weighted by Gasteiger charge is -1.98. The Morgan fingerprint density at radius 2 is 2.14 bits per heavy atom. The van der Waals surface area contributed by atoms with Crippen molar-refractivity contribution in [3.63, 3.8) is 0 Å². The van der Waals surface area contributed by atoms with Gasteiger partial charge in [-0.05, 0) is 11.6 Å². The van der Waals surface area contributed by atoms with Crippen molar-refractivity contribution in [3.05, 3.63) is 44.6 Å². The fourth-order valence-corrected chi connectivity index (χ4v) is 1.68. The van der Waals surface area contributed by atoms with E-state index in [1.807, 2.05) is 46.9 Å². The molecule has 2 rings (SSSR count). The SMILES string of the molecule is Clc1ccccc1Cc1nc(I)no1. The number of halogens is 2. The Morgan fingerprint density at radius 1 is 1.36 bits per heavy atom. The highest BCUT2D eigenvalue weighted by Gasteiger charge is 2.06. The van der Waals surface area contributed by atoms with E-state index in [0.29, 0.717) is 16.1 Å². The zero-order valence-electron chi connectivity index (χ0n) is 7.08. The molecular formula is C9H6ClIN2O. The van der Waals surface area contributed by atoms with Gasteiger partial charge in [0.05, 0.1) is 6.42 Å². The first kappa shape index (κ1) is 9.92. The Bertz CT molecular complexity index is 444. The van der Waals surface area contributed by atoms with Gasteiger partial charge in [-0.3, -0.25) is 0 Å². The summed E-state index contributed by atoms with van der Waals surface area (Å²) >= 11 is 7.99. The first-order valence-electron chi connectivity index (χ1n) is 3.97. The smallest absolute Gasteiger partial charge is 0.232 e. The topological polar surface area (TPSA) is 38.9 Å². The monoisotopic (exact) mass is 320 g/mol. The predicted octanol–water partition coefficient (Wildman–Crippen LogP) is 2.92. The molecule has 0 amide bonds. The first-order valence-corrected chi connectivity index (χ1v) is 5.43. The van der Waals surface area contributed by atoms with Crippen molar-refractivity contribution < 1.29 is 4.52 Å². The van der Waals surface area contributed by atoms with Crippen molar-refractivity contribution in [2.45, 2.75) is 6.42 Å². The minimum atomic E-state index is 0.579. The van der Waals surface area contributed by atoms with E-state index in [1.165, 1.54) is 0 Å². The maximum absolute atomic E-state index is 5.99. The molecule has 5 heteroatoms. The molecule has 2 aromatic rings. The molecule has 1 aromatic heterocycles. The lowest BCUT2D eigenvalue weighted by Crippen LogP contribution is -1.89. The second-order valence-corrected chi connectivity index (χ2v) is 4.10. The standard InChI is InChI=1S/C9H6ClIN2O/c10-7-4-2-1-3-6(7)5-8-12-9(11)13-14-8/h1-4H,5H2. The fraction of sp³-hybridized carbons (Fsp3) is 0.111. The average Bonchev–Trinajstić information content (AvgIpc) is 2.56. The van der Waals surface area contributed by atoms with Crippen LogP contribution in [0.15, 0.2) is 28.8 Å².